The van der Waals surface area contributed by atoms with E-state index in [4.69, 9.17) is 0 Å². The zero-order valence-electron chi connectivity index (χ0n) is 8.38. The second-order valence-electron chi connectivity index (χ2n) is 3.55. The maximum absolute atomic E-state index is 11.6. The van der Waals surface area contributed by atoms with Gasteiger partial charge in [0, 0.05) is 19.5 Å². The number of unbranched alkanes of at least 4 members (excludes halogenated alkanes) is 1. The summed E-state index contributed by atoms with van der Waals surface area (Å²) < 4.78 is 0. The standard InChI is InChI=1S/C10H19N2O/c1-2-3-5-10(13)9-8-11-6-4-7-12-9/h9,11H,2-8H2,1H3. The van der Waals surface area contributed by atoms with E-state index < -0.39 is 0 Å². The van der Waals surface area contributed by atoms with Gasteiger partial charge in [0.15, 0.2) is 5.78 Å². The molecule has 13 heavy (non-hydrogen) atoms. The van der Waals surface area contributed by atoms with Crippen LogP contribution in [-0.2, 0) is 4.79 Å². The Morgan fingerprint density at radius 1 is 1.62 bits per heavy atom. The van der Waals surface area contributed by atoms with Crippen molar-refractivity contribution in [3.63, 3.8) is 0 Å². The SMILES string of the molecule is CCCCC(=O)C1CNCCC[N]1. The number of rotatable bonds is 4. The van der Waals surface area contributed by atoms with Crippen molar-refractivity contribution in [2.45, 2.75) is 38.6 Å². The van der Waals surface area contributed by atoms with Crippen LogP contribution in [0.5, 0.6) is 0 Å². The number of nitrogens with zero attached hydrogens (tertiary/aromatic N) is 1. The smallest absolute Gasteiger partial charge is 0.152 e. The lowest BCUT2D eigenvalue weighted by Gasteiger charge is -2.11. The molecule has 1 saturated heterocycles. The van der Waals surface area contributed by atoms with Crippen molar-refractivity contribution in [3.05, 3.63) is 0 Å². The summed E-state index contributed by atoms with van der Waals surface area (Å²) in [5, 5.41) is 7.60. The predicted octanol–water partition coefficient (Wildman–Crippen LogP) is 0.712. The fourth-order valence-corrected chi connectivity index (χ4v) is 1.49. The number of Topliss-reactive ketones (excluding diaryl/α,β-unsaturated/α-hetero) is 1. The largest absolute Gasteiger partial charge is 0.315 e. The minimum atomic E-state index is -0.0611. The average Bonchev–Trinajstić information content (AvgIpc) is 2.42. The van der Waals surface area contributed by atoms with Crippen molar-refractivity contribution < 1.29 is 4.79 Å². The van der Waals surface area contributed by atoms with Crippen molar-refractivity contribution >= 4 is 5.78 Å². The highest BCUT2D eigenvalue weighted by molar-refractivity contribution is 5.84. The minimum Gasteiger partial charge on any atom is -0.315 e. The van der Waals surface area contributed by atoms with E-state index in [0.29, 0.717) is 12.2 Å². The highest BCUT2D eigenvalue weighted by Crippen LogP contribution is 2.01. The highest BCUT2D eigenvalue weighted by Gasteiger charge is 2.19. The van der Waals surface area contributed by atoms with E-state index in [1.54, 1.807) is 0 Å². The zero-order chi connectivity index (χ0) is 9.52. The van der Waals surface area contributed by atoms with Crippen LogP contribution in [-0.4, -0.2) is 31.5 Å². The molecule has 1 aliphatic rings. The number of hydrogen-bond donors (Lipinski definition) is 1. The first-order valence-corrected chi connectivity index (χ1v) is 5.24. The molecule has 0 aliphatic carbocycles. The highest BCUT2D eigenvalue weighted by atomic mass is 16.1. The Morgan fingerprint density at radius 2 is 2.46 bits per heavy atom. The van der Waals surface area contributed by atoms with E-state index in [2.05, 4.69) is 17.6 Å². The van der Waals surface area contributed by atoms with Crippen LogP contribution in [0.4, 0.5) is 0 Å². The molecular formula is C10H19N2O. The molecule has 1 radical (unpaired) electrons. The summed E-state index contributed by atoms with van der Waals surface area (Å²) >= 11 is 0. The Morgan fingerprint density at radius 3 is 3.23 bits per heavy atom. The van der Waals surface area contributed by atoms with Crippen molar-refractivity contribution in [2.75, 3.05) is 19.6 Å². The van der Waals surface area contributed by atoms with Gasteiger partial charge in [-0.3, -0.25) is 4.79 Å². The van der Waals surface area contributed by atoms with E-state index in [1.165, 1.54) is 0 Å². The van der Waals surface area contributed by atoms with Crippen molar-refractivity contribution in [1.82, 2.24) is 10.6 Å². The molecule has 0 saturated carbocycles. The molecule has 3 heteroatoms. The van der Waals surface area contributed by atoms with E-state index in [1.807, 2.05) is 0 Å². The molecule has 1 aliphatic heterocycles. The molecule has 0 amide bonds. The Balaban J connectivity index is 2.26. The normalized spacial score (nSPS) is 23.9. The van der Waals surface area contributed by atoms with Gasteiger partial charge in [0.05, 0.1) is 6.04 Å². The van der Waals surface area contributed by atoms with Crippen molar-refractivity contribution in [1.29, 1.82) is 0 Å². The van der Waals surface area contributed by atoms with Crippen LogP contribution >= 0.6 is 0 Å². The Bertz CT molecular complexity index is 151. The van der Waals surface area contributed by atoms with Crippen LogP contribution in [0.1, 0.15) is 32.6 Å². The zero-order valence-corrected chi connectivity index (χ0v) is 8.38. The molecular weight excluding hydrogens is 164 g/mol. The van der Waals surface area contributed by atoms with E-state index in [-0.39, 0.29) is 6.04 Å². The molecule has 0 spiro atoms. The van der Waals surface area contributed by atoms with Crippen molar-refractivity contribution in [2.24, 2.45) is 0 Å². The van der Waals surface area contributed by atoms with Gasteiger partial charge in [-0.15, -0.1) is 0 Å². The lowest BCUT2D eigenvalue weighted by atomic mass is 10.1. The monoisotopic (exact) mass is 183 g/mol. The van der Waals surface area contributed by atoms with Gasteiger partial charge in [-0.2, -0.15) is 0 Å². The topological polar surface area (TPSA) is 43.2 Å². The summed E-state index contributed by atoms with van der Waals surface area (Å²) in [4.78, 5) is 11.6. The fourth-order valence-electron chi connectivity index (χ4n) is 1.49. The van der Waals surface area contributed by atoms with Gasteiger partial charge in [-0.1, -0.05) is 13.3 Å². The van der Waals surface area contributed by atoms with Gasteiger partial charge < -0.3 is 5.32 Å². The quantitative estimate of drug-likeness (QED) is 0.697. The van der Waals surface area contributed by atoms with Crippen LogP contribution in [0.2, 0.25) is 0 Å². The van der Waals surface area contributed by atoms with Crippen LogP contribution in [0.3, 0.4) is 0 Å². The second kappa shape index (κ2) is 6.11. The fraction of sp³-hybridized carbons (Fsp3) is 0.900. The van der Waals surface area contributed by atoms with Gasteiger partial charge in [0.2, 0.25) is 0 Å². The number of hydrogen-bond acceptors (Lipinski definition) is 2. The minimum absolute atomic E-state index is 0.0611. The van der Waals surface area contributed by atoms with E-state index in [9.17, 15) is 4.79 Å². The molecule has 3 nitrogen and oxygen atoms in total. The van der Waals surface area contributed by atoms with Gasteiger partial charge in [-0.25, -0.2) is 5.32 Å². The predicted molar refractivity (Wildman–Crippen MR) is 52.8 cm³/mol. The molecule has 1 fully saturated rings. The van der Waals surface area contributed by atoms with Crippen LogP contribution in [0.15, 0.2) is 0 Å². The lowest BCUT2D eigenvalue weighted by Crippen LogP contribution is -2.37. The summed E-state index contributed by atoms with van der Waals surface area (Å²) in [6, 6.07) is -0.0611. The van der Waals surface area contributed by atoms with E-state index >= 15 is 0 Å². The molecule has 1 rings (SSSR count). The van der Waals surface area contributed by atoms with Gasteiger partial charge >= 0.3 is 0 Å². The first-order chi connectivity index (χ1) is 6.34. The molecule has 0 bridgehead atoms. The molecule has 1 atom stereocenters. The summed E-state index contributed by atoms with van der Waals surface area (Å²) in [6.45, 7) is 4.70. The second-order valence-corrected chi connectivity index (χ2v) is 3.55. The Labute approximate surface area is 80.3 Å². The van der Waals surface area contributed by atoms with Crippen LogP contribution in [0.25, 0.3) is 0 Å². The average molecular weight is 183 g/mol. The summed E-state index contributed by atoms with van der Waals surface area (Å²) in [6.07, 6.45) is 3.86. The third-order valence-electron chi connectivity index (χ3n) is 2.35. The van der Waals surface area contributed by atoms with E-state index in [0.717, 1.165) is 38.9 Å². The maximum Gasteiger partial charge on any atom is 0.152 e. The molecule has 1 heterocycles. The molecule has 0 aromatic rings. The first kappa shape index (κ1) is 10.7. The molecule has 75 valence electrons. The van der Waals surface area contributed by atoms with Crippen molar-refractivity contribution in [3.8, 4) is 0 Å². The number of nitrogens with one attached hydrogen (secondary N) is 1. The Hall–Kier alpha value is -0.410. The Kier molecular flexibility index (Phi) is 5.01. The molecule has 1 N–H and O–H groups in total. The molecule has 0 aromatic heterocycles. The van der Waals surface area contributed by atoms with Gasteiger partial charge in [0.1, 0.15) is 0 Å². The summed E-state index contributed by atoms with van der Waals surface area (Å²) in [7, 11) is 0. The van der Waals surface area contributed by atoms with Crippen LogP contribution < -0.4 is 10.6 Å². The molecule has 1 unspecified atom stereocenters. The van der Waals surface area contributed by atoms with Gasteiger partial charge in [0.25, 0.3) is 0 Å². The third-order valence-corrected chi connectivity index (χ3v) is 2.35. The summed E-state index contributed by atoms with van der Waals surface area (Å²) in [5.74, 6) is 0.316. The number of ketones is 1. The maximum atomic E-state index is 11.6. The molecule has 0 aromatic carbocycles. The lowest BCUT2D eigenvalue weighted by molar-refractivity contribution is -0.121. The van der Waals surface area contributed by atoms with Gasteiger partial charge in [-0.05, 0) is 19.4 Å². The summed E-state index contributed by atoms with van der Waals surface area (Å²) in [5.41, 5.74) is 0. The van der Waals surface area contributed by atoms with Crippen LogP contribution in [0, 0.1) is 0 Å². The third kappa shape index (κ3) is 3.87. The number of carbonyl (C=O) groups excluding carboxylic acids is 1. The number of carbonyl (C=O) groups is 1. The first-order valence-electron chi connectivity index (χ1n) is 5.24.